The maximum absolute atomic E-state index is 12.3. The highest BCUT2D eigenvalue weighted by Gasteiger charge is 2.39. The quantitative estimate of drug-likeness (QED) is 0.323. The number of carbonyl (C=O) groups excluding carboxylic acids is 1. The number of hydrogen-bond donors (Lipinski definition) is 3. The summed E-state index contributed by atoms with van der Waals surface area (Å²) in [4.78, 5) is 22.8. The third-order valence-electron chi connectivity index (χ3n) is 5.29. The Morgan fingerprint density at radius 1 is 1.33 bits per heavy atom. The fraction of sp³-hybridized carbons (Fsp3) is 0.565. The molecule has 1 saturated carbocycles. The molecule has 0 amide bonds. The molecule has 0 spiro atoms. The first-order valence-corrected chi connectivity index (χ1v) is 11.5. The Kier molecular flexibility index (Phi) is 10.6. The van der Waals surface area contributed by atoms with Crippen LogP contribution in [0.4, 0.5) is 0 Å². The van der Waals surface area contributed by atoms with Gasteiger partial charge < -0.3 is 20.1 Å². The second-order valence-electron chi connectivity index (χ2n) is 7.73. The number of carboxylic acids is 1. The molecule has 1 aliphatic rings. The van der Waals surface area contributed by atoms with E-state index in [0.29, 0.717) is 25.9 Å². The minimum absolute atomic E-state index is 0.0602. The average molecular weight is 437 g/mol. The van der Waals surface area contributed by atoms with Gasteiger partial charge in [-0.2, -0.15) is 11.8 Å². The number of benzene rings is 1. The van der Waals surface area contributed by atoms with Crippen molar-refractivity contribution in [3.05, 3.63) is 47.5 Å². The average Bonchev–Trinajstić information content (AvgIpc) is 2.95. The van der Waals surface area contributed by atoms with Gasteiger partial charge in [-0.05, 0) is 35.5 Å². The summed E-state index contributed by atoms with van der Waals surface area (Å²) in [5.74, 6) is 0.231. The van der Waals surface area contributed by atoms with Crippen molar-refractivity contribution in [2.24, 2.45) is 11.8 Å². The SMILES string of the molecule is COCc1cccc(C[C@H](O)C=C[C@H]2[C@H](O)CC(=O)[C@@H]2CCSCCCC(=O)O)c1. The summed E-state index contributed by atoms with van der Waals surface area (Å²) in [6, 6.07) is 7.86. The Labute approximate surface area is 182 Å². The number of aliphatic hydroxyl groups is 2. The fourth-order valence-electron chi connectivity index (χ4n) is 3.81. The number of rotatable bonds is 13. The molecule has 1 aromatic carbocycles. The van der Waals surface area contributed by atoms with Crippen LogP contribution < -0.4 is 0 Å². The lowest BCUT2D eigenvalue weighted by atomic mass is 9.91. The van der Waals surface area contributed by atoms with Crippen LogP contribution in [0.1, 0.15) is 36.8 Å². The number of aliphatic hydroxyl groups excluding tert-OH is 2. The Morgan fingerprint density at radius 2 is 2.10 bits per heavy atom. The number of aliphatic carboxylic acids is 1. The summed E-state index contributed by atoms with van der Waals surface area (Å²) in [6.45, 7) is 0.520. The van der Waals surface area contributed by atoms with Crippen LogP contribution >= 0.6 is 11.8 Å². The van der Waals surface area contributed by atoms with E-state index in [9.17, 15) is 19.8 Å². The van der Waals surface area contributed by atoms with Crippen molar-refractivity contribution < 1.29 is 29.6 Å². The van der Waals surface area contributed by atoms with Crippen molar-refractivity contribution in [3.63, 3.8) is 0 Å². The zero-order valence-corrected chi connectivity index (χ0v) is 18.2. The van der Waals surface area contributed by atoms with Gasteiger partial charge in [0, 0.05) is 38.2 Å². The van der Waals surface area contributed by atoms with Gasteiger partial charge in [0.2, 0.25) is 0 Å². The van der Waals surface area contributed by atoms with Crippen molar-refractivity contribution >= 4 is 23.5 Å². The van der Waals surface area contributed by atoms with E-state index in [1.165, 1.54) is 0 Å². The lowest BCUT2D eigenvalue weighted by Crippen LogP contribution is -2.20. The Bertz CT molecular complexity index is 719. The Morgan fingerprint density at radius 3 is 2.83 bits per heavy atom. The molecule has 1 aliphatic carbocycles. The monoisotopic (exact) mass is 436 g/mol. The minimum atomic E-state index is -0.793. The number of Topliss-reactive ketones (excluding diaryl/α,β-unsaturated/α-hetero) is 1. The van der Waals surface area contributed by atoms with E-state index >= 15 is 0 Å². The molecule has 0 radical (unpaired) electrons. The number of methoxy groups -OCH3 is 1. The molecule has 0 unspecified atom stereocenters. The number of carboxylic acid groups (broad SMARTS) is 1. The maximum atomic E-state index is 12.3. The zero-order chi connectivity index (χ0) is 21.9. The highest BCUT2D eigenvalue weighted by molar-refractivity contribution is 7.99. The molecule has 4 atom stereocenters. The molecular weight excluding hydrogens is 404 g/mol. The summed E-state index contributed by atoms with van der Waals surface area (Å²) in [7, 11) is 1.64. The van der Waals surface area contributed by atoms with Crippen LogP contribution in [0.2, 0.25) is 0 Å². The fourth-order valence-corrected chi connectivity index (χ4v) is 4.78. The molecule has 1 fully saturated rings. The van der Waals surface area contributed by atoms with E-state index in [0.717, 1.165) is 22.6 Å². The zero-order valence-electron chi connectivity index (χ0n) is 17.4. The first kappa shape index (κ1) is 24.6. The third kappa shape index (κ3) is 8.22. The van der Waals surface area contributed by atoms with Gasteiger partial charge in [-0.25, -0.2) is 0 Å². The van der Waals surface area contributed by atoms with Gasteiger partial charge in [-0.1, -0.05) is 36.4 Å². The molecule has 30 heavy (non-hydrogen) atoms. The third-order valence-corrected chi connectivity index (χ3v) is 6.39. The van der Waals surface area contributed by atoms with Gasteiger partial charge in [-0.15, -0.1) is 0 Å². The highest BCUT2D eigenvalue weighted by Crippen LogP contribution is 2.34. The van der Waals surface area contributed by atoms with Crippen LogP contribution in [-0.4, -0.2) is 57.9 Å². The Hall–Kier alpha value is -1.67. The summed E-state index contributed by atoms with van der Waals surface area (Å²) >= 11 is 1.64. The number of hydrogen-bond acceptors (Lipinski definition) is 6. The standard InChI is InChI=1S/C23H32O6S/c1-29-15-17-5-2-4-16(12-17)13-18(24)7-8-19-20(22(26)14-21(19)25)9-11-30-10-3-6-23(27)28/h2,4-5,7-8,12,18-21,24-25H,3,6,9-11,13-15H2,1H3,(H,27,28)/t18-,19-,20-,21-/m1/s1. The van der Waals surface area contributed by atoms with Crippen molar-refractivity contribution in [2.45, 2.75) is 50.9 Å². The number of carbonyl (C=O) groups is 2. The van der Waals surface area contributed by atoms with E-state index in [2.05, 4.69) is 0 Å². The maximum Gasteiger partial charge on any atom is 0.303 e. The van der Waals surface area contributed by atoms with Crippen molar-refractivity contribution in [1.29, 1.82) is 0 Å². The first-order valence-electron chi connectivity index (χ1n) is 10.3. The second-order valence-corrected chi connectivity index (χ2v) is 8.95. The summed E-state index contributed by atoms with van der Waals surface area (Å²) in [5.41, 5.74) is 2.04. The molecule has 0 aliphatic heterocycles. The van der Waals surface area contributed by atoms with Gasteiger partial charge in [0.1, 0.15) is 5.78 Å². The Balaban J connectivity index is 1.85. The molecule has 1 aromatic rings. The van der Waals surface area contributed by atoms with Crippen LogP contribution in [-0.2, 0) is 27.4 Å². The topological polar surface area (TPSA) is 104 Å². The van der Waals surface area contributed by atoms with Crippen molar-refractivity contribution in [2.75, 3.05) is 18.6 Å². The van der Waals surface area contributed by atoms with Crippen LogP contribution in [0.15, 0.2) is 36.4 Å². The molecule has 2 rings (SSSR count). The van der Waals surface area contributed by atoms with E-state index in [4.69, 9.17) is 9.84 Å². The predicted molar refractivity (Wildman–Crippen MR) is 117 cm³/mol. The minimum Gasteiger partial charge on any atom is -0.481 e. The highest BCUT2D eigenvalue weighted by atomic mass is 32.2. The van der Waals surface area contributed by atoms with E-state index < -0.39 is 18.2 Å². The normalized spacial score (nSPS) is 22.6. The van der Waals surface area contributed by atoms with Crippen molar-refractivity contribution in [3.8, 4) is 0 Å². The summed E-state index contributed by atoms with van der Waals surface area (Å²) < 4.78 is 5.14. The number of ether oxygens (including phenoxy) is 1. The van der Waals surface area contributed by atoms with E-state index in [1.807, 2.05) is 24.3 Å². The van der Waals surface area contributed by atoms with Gasteiger partial charge in [0.15, 0.2) is 0 Å². The first-order chi connectivity index (χ1) is 14.4. The molecule has 0 bridgehead atoms. The molecule has 0 saturated heterocycles. The smallest absolute Gasteiger partial charge is 0.303 e. The van der Waals surface area contributed by atoms with Crippen LogP contribution in [0.5, 0.6) is 0 Å². The second kappa shape index (κ2) is 12.9. The molecule has 0 aromatic heterocycles. The van der Waals surface area contributed by atoms with Crippen LogP contribution in [0.3, 0.4) is 0 Å². The van der Waals surface area contributed by atoms with E-state index in [1.54, 1.807) is 31.0 Å². The largest absolute Gasteiger partial charge is 0.481 e. The summed E-state index contributed by atoms with van der Waals surface area (Å²) in [6.07, 6.45) is 4.09. The molecule has 0 heterocycles. The lowest BCUT2D eigenvalue weighted by Gasteiger charge is -2.18. The lowest BCUT2D eigenvalue weighted by molar-refractivity contribution is -0.137. The number of ketones is 1. The molecule has 7 heteroatoms. The van der Waals surface area contributed by atoms with E-state index in [-0.39, 0.29) is 30.5 Å². The number of thioether (sulfide) groups is 1. The van der Waals surface area contributed by atoms with Crippen molar-refractivity contribution in [1.82, 2.24) is 0 Å². The summed E-state index contributed by atoms with van der Waals surface area (Å²) in [5, 5.41) is 29.4. The van der Waals surface area contributed by atoms with Crippen LogP contribution in [0.25, 0.3) is 0 Å². The van der Waals surface area contributed by atoms with Gasteiger partial charge >= 0.3 is 5.97 Å². The van der Waals surface area contributed by atoms with Crippen LogP contribution in [0, 0.1) is 11.8 Å². The predicted octanol–water partition coefficient (Wildman–Crippen LogP) is 2.85. The molecular formula is C23H32O6S. The molecule has 6 nitrogen and oxygen atoms in total. The van der Waals surface area contributed by atoms with Gasteiger partial charge in [0.05, 0.1) is 18.8 Å². The molecule has 3 N–H and O–H groups in total. The van der Waals surface area contributed by atoms with Gasteiger partial charge in [-0.3, -0.25) is 9.59 Å². The van der Waals surface area contributed by atoms with Gasteiger partial charge in [0.25, 0.3) is 0 Å². The molecule has 166 valence electrons.